The average molecular weight is 482 g/mol. The number of carbonyl (C=O) groups is 3. The summed E-state index contributed by atoms with van der Waals surface area (Å²) < 4.78 is 10.9. The van der Waals surface area contributed by atoms with Gasteiger partial charge in [0.15, 0.2) is 5.60 Å². The molecule has 0 saturated carbocycles. The second kappa shape index (κ2) is 8.73. The molecule has 3 rings (SSSR count). The van der Waals surface area contributed by atoms with E-state index in [1.807, 2.05) is 30.3 Å². The Kier molecular flexibility index (Phi) is 6.50. The van der Waals surface area contributed by atoms with Gasteiger partial charge in [-0.05, 0) is 10.0 Å². The van der Waals surface area contributed by atoms with Gasteiger partial charge in [-0.1, -0.05) is 52.8 Å². The minimum Gasteiger partial charge on any atom is -0.461 e. The molecule has 1 saturated heterocycles. The minimum atomic E-state index is -1.65. The highest BCUT2D eigenvalue weighted by Crippen LogP contribution is 2.49. The predicted molar refractivity (Wildman–Crippen MR) is 111 cm³/mol. The Morgan fingerprint density at radius 2 is 2.00 bits per heavy atom. The number of aliphatic hydroxyl groups is 1. The molecule has 0 bridgehead atoms. The number of fused-ring (bicyclic) bond motifs is 1. The molecule has 1 aromatic rings. The number of hydrogen-bond donors (Lipinski definition) is 1. The Morgan fingerprint density at radius 1 is 1.31 bits per heavy atom. The highest BCUT2D eigenvalue weighted by molar-refractivity contribution is 9.11. The molecule has 7 nitrogen and oxygen atoms in total. The maximum Gasteiger partial charge on any atom is 0.355 e. The molecule has 2 atom stereocenters. The Hall–Kier alpha value is -2.10. The first-order valence-corrected chi connectivity index (χ1v) is 10.7. The van der Waals surface area contributed by atoms with E-state index in [1.54, 1.807) is 0 Å². The Bertz CT molecular complexity index is 886. The highest BCUT2D eigenvalue weighted by atomic mass is 79.9. The molecule has 9 heteroatoms. The van der Waals surface area contributed by atoms with E-state index in [0.29, 0.717) is 15.8 Å². The lowest BCUT2D eigenvalue weighted by atomic mass is 9.87. The fraction of sp³-hybridized carbons (Fsp3) is 0.350. The number of benzene rings is 1. The standard InChI is InChI=1S/C20H20BrNO6S/c1-12(21)8-20(26)18(25)22-16(15(10-27-13(2)23)11-29-19(20)22)17(24)28-9-14-6-4-3-5-7-14/h3-7,19,26H,1,8-11H2,2H3/t19-,20-/m1/s1. The van der Waals surface area contributed by atoms with E-state index < -0.39 is 28.8 Å². The van der Waals surface area contributed by atoms with Crippen LogP contribution in [0.15, 0.2) is 52.7 Å². The Balaban J connectivity index is 1.85. The number of esters is 2. The SMILES string of the molecule is C=C(Br)C[C@@]1(O)C(=O)N2C(C(=O)OCc3ccccc3)=C(COC(C)=O)CS[C@@H]21. The van der Waals surface area contributed by atoms with E-state index in [2.05, 4.69) is 22.5 Å². The molecule has 2 heterocycles. The first-order chi connectivity index (χ1) is 13.7. The molecule has 29 heavy (non-hydrogen) atoms. The van der Waals surface area contributed by atoms with Crippen LogP contribution >= 0.6 is 27.7 Å². The van der Waals surface area contributed by atoms with Crippen LogP contribution in [0.25, 0.3) is 0 Å². The summed E-state index contributed by atoms with van der Waals surface area (Å²) in [5, 5.41) is 10.1. The maximum atomic E-state index is 12.9. The zero-order valence-corrected chi connectivity index (χ0v) is 18.1. The van der Waals surface area contributed by atoms with Crippen LogP contribution in [0.4, 0.5) is 0 Å². The van der Waals surface area contributed by atoms with Crippen LogP contribution in [0.5, 0.6) is 0 Å². The summed E-state index contributed by atoms with van der Waals surface area (Å²) in [6.07, 6.45) is 0.0334. The molecule has 0 radical (unpaired) electrons. The summed E-state index contributed by atoms with van der Waals surface area (Å²) in [5.74, 6) is -1.49. The van der Waals surface area contributed by atoms with E-state index in [9.17, 15) is 19.5 Å². The van der Waals surface area contributed by atoms with Crippen molar-refractivity contribution in [3.8, 4) is 0 Å². The number of rotatable bonds is 7. The van der Waals surface area contributed by atoms with Gasteiger partial charge in [0, 0.05) is 24.7 Å². The van der Waals surface area contributed by atoms with Gasteiger partial charge in [-0.2, -0.15) is 0 Å². The molecule has 0 spiro atoms. The molecule has 1 N–H and O–H groups in total. The number of β-lactam (4-membered cyclic amide) rings is 1. The van der Waals surface area contributed by atoms with Crippen molar-refractivity contribution >= 4 is 45.5 Å². The first-order valence-electron chi connectivity index (χ1n) is 8.81. The van der Waals surface area contributed by atoms with Crippen molar-refractivity contribution in [2.45, 2.75) is 30.9 Å². The third kappa shape index (κ3) is 4.41. The van der Waals surface area contributed by atoms with Crippen LogP contribution in [0.1, 0.15) is 18.9 Å². The fourth-order valence-corrected chi connectivity index (χ4v) is 5.02. The molecule has 0 unspecified atom stereocenters. The van der Waals surface area contributed by atoms with Crippen LogP contribution in [-0.2, 0) is 30.5 Å². The lowest BCUT2D eigenvalue weighted by Gasteiger charge is -2.54. The van der Waals surface area contributed by atoms with Gasteiger partial charge in [0.25, 0.3) is 5.91 Å². The second-order valence-electron chi connectivity index (χ2n) is 6.75. The van der Waals surface area contributed by atoms with Gasteiger partial charge < -0.3 is 14.6 Å². The van der Waals surface area contributed by atoms with E-state index in [4.69, 9.17) is 9.47 Å². The topological polar surface area (TPSA) is 93.1 Å². The van der Waals surface area contributed by atoms with Gasteiger partial charge in [0.05, 0.1) is 0 Å². The van der Waals surface area contributed by atoms with Crippen molar-refractivity contribution in [3.63, 3.8) is 0 Å². The second-order valence-corrected chi connectivity index (χ2v) is 8.94. The van der Waals surface area contributed by atoms with E-state index in [0.717, 1.165) is 5.56 Å². The molecule has 1 amide bonds. The van der Waals surface area contributed by atoms with Crippen molar-refractivity contribution < 1.29 is 29.0 Å². The number of nitrogens with zero attached hydrogens (tertiary/aromatic N) is 1. The summed E-state index contributed by atoms with van der Waals surface area (Å²) in [6, 6.07) is 9.14. The number of halogens is 1. The first kappa shape index (κ1) is 21.6. The highest BCUT2D eigenvalue weighted by Gasteiger charge is 2.64. The number of thioether (sulfide) groups is 1. The summed E-state index contributed by atoms with van der Waals surface area (Å²) in [4.78, 5) is 38.1. The molecule has 0 aliphatic carbocycles. The third-order valence-corrected chi connectivity index (χ3v) is 6.25. The molecular weight excluding hydrogens is 462 g/mol. The third-order valence-electron chi connectivity index (χ3n) is 4.54. The molecule has 2 aliphatic heterocycles. The molecule has 1 fully saturated rings. The molecule has 0 aromatic heterocycles. The summed E-state index contributed by atoms with van der Waals surface area (Å²) in [6.45, 7) is 4.86. The summed E-state index contributed by atoms with van der Waals surface area (Å²) >= 11 is 4.48. The zero-order valence-electron chi connectivity index (χ0n) is 15.7. The van der Waals surface area contributed by atoms with Crippen molar-refractivity contribution in [3.05, 3.63) is 58.2 Å². The number of amides is 1. The Morgan fingerprint density at radius 3 is 2.62 bits per heavy atom. The normalized spacial score (nSPS) is 23.2. The number of ether oxygens (including phenoxy) is 2. The average Bonchev–Trinajstić information content (AvgIpc) is 2.69. The quantitative estimate of drug-likeness (QED) is 0.472. The van der Waals surface area contributed by atoms with Gasteiger partial charge in [0.2, 0.25) is 0 Å². The van der Waals surface area contributed by atoms with Crippen LogP contribution in [0.2, 0.25) is 0 Å². The van der Waals surface area contributed by atoms with Crippen LogP contribution in [0.3, 0.4) is 0 Å². The monoisotopic (exact) mass is 481 g/mol. The fourth-order valence-electron chi connectivity index (χ4n) is 3.21. The maximum absolute atomic E-state index is 12.9. The summed E-state index contributed by atoms with van der Waals surface area (Å²) in [5.41, 5.74) is -0.358. The lowest BCUT2D eigenvalue weighted by molar-refractivity contribution is -0.178. The van der Waals surface area contributed by atoms with Gasteiger partial charge >= 0.3 is 11.9 Å². The smallest absolute Gasteiger partial charge is 0.355 e. The minimum absolute atomic E-state index is 0.0285. The summed E-state index contributed by atoms with van der Waals surface area (Å²) in [7, 11) is 0. The zero-order chi connectivity index (χ0) is 21.2. The molecule has 1 aromatic carbocycles. The van der Waals surface area contributed by atoms with Gasteiger partial charge in [-0.25, -0.2) is 4.79 Å². The van der Waals surface area contributed by atoms with Gasteiger partial charge in [-0.15, -0.1) is 11.8 Å². The molecule has 2 aliphatic rings. The Labute approximate surface area is 180 Å². The van der Waals surface area contributed by atoms with Crippen LogP contribution < -0.4 is 0 Å². The number of hydrogen-bond acceptors (Lipinski definition) is 7. The predicted octanol–water partition coefficient (Wildman–Crippen LogP) is 2.49. The van der Waals surface area contributed by atoms with Crippen molar-refractivity contribution in [1.82, 2.24) is 4.90 Å². The van der Waals surface area contributed by atoms with E-state index in [-0.39, 0.29) is 25.3 Å². The van der Waals surface area contributed by atoms with Crippen LogP contribution in [-0.4, -0.2) is 51.2 Å². The lowest BCUT2D eigenvalue weighted by Crippen LogP contribution is -2.73. The van der Waals surface area contributed by atoms with Crippen molar-refractivity contribution in [2.75, 3.05) is 12.4 Å². The number of carbonyl (C=O) groups excluding carboxylic acids is 3. The van der Waals surface area contributed by atoms with Crippen LogP contribution in [0, 0.1) is 0 Å². The van der Waals surface area contributed by atoms with Crippen molar-refractivity contribution in [2.24, 2.45) is 0 Å². The van der Waals surface area contributed by atoms with Gasteiger partial charge in [0.1, 0.15) is 24.3 Å². The molecule has 154 valence electrons. The van der Waals surface area contributed by atoms with Gasteiger partial charge in [-0.3, -0.25) is 14.5 Å². The van der Waals surface area contributed by atoms with E-state index >= 15 is 0 Å². The van der Waals surface area contributed by atoms with Crippen molar-refractivity contribution in [1.29, 1.82) is 0 Å². The molecular formula is C20H20BrNO6S. The largest absolute Gasteiger partial charge is 0.461 e. The van der Waals surface area contributed by atoms with E-state index in [1.165, 1.54) is 23.6 Å².